The van der Waals surface area contributed by atoms with Crippen molar-refractivity contribution in [1.29, 1.82) is 0 Å². The second-order valence-corrected chi connectivity index (χ2v) is 4.77. The molecule has 5 heteroatoms. The molecular weight excluding hydrogens is 271 g/mol. The standard InChI is InChI=1S/C16H13FN2O2/c17-12-5-3-11(4-6-12)16-13-9-10(2-8-15(20)21)1-7-14(13)18-19-16/h1-9,16,18-19H,(H,20,21)/b8-2+. The average molecular weight is 284 g/mol. The zero-order valence-corrected chi connectivity index (χ0v) is 11.0. The summed E-state index contributed by atoms with van der Waals surface area (Å²) in [6.45, 7) is 0. The Balaban J connectivity index is 1.94. The predicted molar refractivity (Wildman–Crippen MR) is 78.1 cm³/mol. The maximum atomic E-state index is 13.0. The van der Waals surface area contributed by atoms with Crippen molar-refractivity contribution in [2.24, 2.45) is 0 Å². The molecule has 3 rings (SSSR count). The number of fused-ring (bicyclic) bond motifs is 1. The highest BCUT2D eigenvalue weighted by Gasteiger charge is 2.23. The molecule has 2 aromatic rings. The summed E-state index contributed by atoms with van der Waals surface area (Å²) in [6, 6.07) is 11.8. The van der Waals surface area contributed by atoms with Crippen molar-refractivity contribution in [3.63, 3.8) is 0 Å². The smallest absolute Gasteiger partial charge is 0.328 e. The van der Waals surface area contributed by atoms with E-state index in [4.69, 9.17) is 5.11 Å². The number of halogens is 1. The van der Waals surface area contributed by atoms with E-state index in [9.17, 15) is 9.18 Å². The summed E-state index contributed by atoms with van der Waals surface area (Å²) in [5, 5.41) is 8.68. The third-order valence-electron chi connectivity index (χ3n) is 3.36. The van der Waals surface area contributed by atoms with Crippen LogP contribution in [0.1, 0.15) is 22.7 Å². The van der Waals surface area contributed by atoms with Gasteiger partial charge in [0, 0.05) is 11.6 Å². The summed E-state index contributed by atoms with van der Waals surface area (Å²) in [5.41, 5.74) is 9.86. The van der Waals surface area contributed by atoms with E-state index in [2.05, 4.69) is 10.9 Å². The molecule has 0 amide bonds. The fourth-order valence-corrected chi connectivity index (χ4v) is 2.35. The van der Waals surface area contributed by atoms with E-state index < -0.39 is 5.97 Å². The van der Waals surface area contributed by atoms with Crippen LogP contribution in [-0.2, 0) is 4.79 Å². The molecule has 0 fully saturated rings. The minimum absolute atomic E-state index is 0.0984. The van der Waals surface area contributed by atoms with Gasteiger partial charge < -0.3 is 10.5 Å². The summed E-state index contributed by atoms with van der Waals surface area (Å²) in [6.07, 6.45) is 2.65. The highest BCUT2D eigenvalue weighted by Crippen LogP contribution is 2.33. The summed E-state index contributed by atoms with van der Waals surface area (Å²) in [5.74, 6) is -1.26. The SMILES string of the molecule is O=C(O)/C=C/c1ccc2c(c1)C(c1ccc(F)cc1)NN2. The molecule has 1 unspecified atom stereocenters. The van der Waals surface area contributed by atoms with E-state index >= 15 is 0 Å². The fourth-order valence-electron chi connectivity index (χ4n) is 2.35. The number of hydrogen-bond acceptors (Lipinski definition) is 3. The average Bonchev–Trinajstić information content (AvgIpc) is 2.89. The van der Waals surface area contributed by atoms with Crippen molar-refractivity contribution in [2.45, 2.75) is 6.04 Å². The Kier molecular flexibility index (Phi) is 3.41. The van der Waals surface area contributed by atoms with Crippen molar-refractivity contribution < 1.29 is 14.3 Å². The molecule has 2 aromatic carbocycles. The monoisotopic (exact) mass is 284 g/mol. The van der Waals surface area contributed by atoms with Gasteiger partial charge in [-0.15, -0.1) is 0 Å². The van der Waals surface area contributed by atoms with Crippen LogP contribution in [0.25, 0.3) is 6.08 Å². The molecule has 3 N–H and O–H groups in total. The molecule has 0 radical (unpaired) electrons. The lowest BCUT2D eigenvalue weighted by Crippen LogP contribution is -2.19. The highest BCUT2D eigenvalue weighted by atomic mass is 19.1. The van der Waals surface area contributed by atoms with Gasteiger partial charge in [-0.3, -0.25) is 0 Å². The minimum atomic E-state index is -0.984. The number of anilines is 1. The van der Waals surface area contributed by atoms with E-state index in [1.54, 1.807) is 18.2 Å². The molecule has 106 valence electrons. The molecule has 0 spiro atoms. The van der Waals surface area contributed by atoms with Crippen molar-refractivity contribution in [2.75, 3.05) is 5.43 Å². The zero-order chi connectivity index (χ0) is 14.8. The van der Waals surface area contributed by atoms with Gasteiger partial charge in [-0.2, -0.15) is 0 Å². The van der Waals surface area contributed by atoms with E-state index in [0.29, 0.717) is 0 Å². The molecule has 0 aromatic heterocycles. The van der Waals surface area contributed by atoms with Gasteiger partial charge in [-0.1, -0.05) is 18.2 Å². The number of nitrogens with one attached hydrogen (secondary N) is 2. The number of carbonyl (C=O) groups is 1. The summed E-state index contributed by atoms with van der Waals surface area (Å²) in [4.78, 5) is 10.6. The van der Waals surface area contributed by atoms with Crippen molar-refractivity contribution in [3.8, 4) is 0 Å². The van der Waals surface area contributed by atoms with Crippen LogP contribution in [0, 0.1) is 5.82 Å². The Bertz CT molecular complexity index is 711. The van der Waals surface area contributed by atoms with Gasteiger partial charge in [0.15, 0.2) is 0 Å². The van der Waals surface area contributed by atoms with E-state index in [-0.39, 0.29) is 11.9 Å². The molecule has 1 heterocycles. The lowest BCUT2D eigenvalue weighted by atomic mass is 9.97. The van der Waals surface area contributed by atoms with Crippen molar-refractivity contribution in [1.82, 2.24) is 5.43 Å². The van der Waals surface area contributed by atoms with Crippen LogP contribution >= 0.6 is 0 Å². The van der Waals surface area contributed by atoms with E-state index in [1.807, 2.05) is 18.2 Å². The lowest BCUT2D eigenvalue weighted by molar-refractivity contribution is -0.131. The van der Waals surface area contributed by atoms with Crippen LogP contribution in [-0.4, -0.2) is 11.1 Å². The summed E-state index contributed by atoms with van der Waals surface area (Å²) >= 11 is 0. The number of benzene rings is 2. The molecular formula is C16H13FN2O2. The van der Waals surface area contributed by atoms with Gasteiger partial charge in [-0.05, 0) is 41.5 Å². The molecule has 21 heavy (non-hydrogen) atoms. The van der Waals surface area contributed by atoms with Gasteiger partial charge >= 0.3 is 5.97 Å². The van der Waals surface area contributed by atoms with Crippen LogP contribution in [0.3, 0.4) is 0 Å². The van der Waals surface area contributed by atoms with Crippen LogP contribution in [0.2, 0.25) is 0 Å². The van der Waals surface area contributed by atoms with Gasteiger partial charge in [0.25, 0.3) is 0 Å². The first-order valence-corrected chi connectivity index (χ1v) is 6.45. The first-order chi connectivity index (χ1) is 10.1. The lowest BCUT2D eigenvalue weighted by Gasteiger charge is -2.11. The largest absolute Gasteiger partial charge is 0.478 e. The number of hydrogen-bond donors (Lipinski definition) is 3. The number of carboxylic acid groups (broad SMARTS) is 1. The highest BCUT2D eigenvalue weighted by molar-refractivity contribution is 5.85. The topological polar surface area (TPSA) is 61.4 Å². The summed E-state index contributed by atoms with van der Waals surface area (Å²) < 4.78 is 13.0. The summed E-state index contributed by atoms with van der Waals surface area (Å²) in [7, 11) is 0. The first kappa shape index (κ1) is 13.3. The number of hydrazine groups is 1. The quantitative estimate of drug-likeness (QED) is 0.758. The number of aliphatic carboxylic acids is 1. The Morgan fingerprint density at radius 2 is 1.95 bits per heavy atom. The normalized spacial score (nSPS) is 16.7. The van der Waals surface area contributed by atoms with Crippen LogP contribution in [0.4, 0.5) is 10.1 Å². The molecule has 0 saturated carbocycles. The Labute approximate surface area is 120 Å². The zero-order valence-electron chi connectivity index (χ0n) is 11.0. The van der Waals surface area contributed by atoms with Crippen LogP contribution < -0.4 is 10.9 Å². The van der Waals surface area contributed by atoms with Crippen molar-refractivity contribution in [3.05, 3.63) is 71.0 Å². The molecule has 1 aliphatic rings. The second kappa shape index (κ2) is 5.38. The van der Waals surface area contributed by atoms with Gasteiger partial charge in [0.05, 0.1) is 11.7 Å². The minimum Gasteiger partial charge on any atom is -0.478 e. The Morgan fingerprint density at radius 3 is 2.67 bits per heavy atom. The molecule has 1 atom stereocenters. The number of rotatable bonds is 3. The third-order valence-corrected chi connectivity index (χ3v) is 3.36. The molecule has 0 bridgehead atoms. The molecule has 1 aliphatic heterocycles. The second-order valence-electron chi connectivity index (χ2n) is 4.77. The Morgan fingerprint density at radius 1 is 1.19 bits per heavy atom. The maximum Gasteiger partial charge on any atom is 0.328 e. The Hall–Kier alpha value is -2.66. The van der Waals surface area contributed by atoms with Crippen LogP contribution in [0.15, 0.2) is 48.5 Å². The fraction of sp³-hybridized carbons (Fsp3) is 0.0625. The van der Waals surface area contributed by atoms with Gasteiger partial charge in [-0.25, -0.2) is 14.6 Å². The number of carboxylic acids is 1. The van der Waals surface area contributed by atoms with Gasteiger partial charge in [0.1, 0.15) is 5.82 Å². The van der Waals surface area contributed by atoms with Crippen LogP contribution in [0.5, 0.6) is 0 Å². The third kappa shape index (κ3) is 2.78. The van der Waals surface area contributed by atoms with Gasteiger partial charge in [0.2, 0.25) is 0 Å². The maximum absolute atomic E-state index is 13.0. The molecule has 4 nitrogen and oxygen atoms in total. The molecule has 0 saturated heterocycles. The molecule has 0 aliphatic carbocycles. The van der Waals surface area contributed by atoms with E-state index in [1.165, 1.54) is 12.1 Å². The first-order valence-electron chi connectivity index (χ1n) is 6.45. The van der Waals surface area contributed by atoms with Crippen molar-refractivity contribution >= 4 is 17.7 Å². The van der Waals surface area contributed by atoms with E-state index in [0.717, 1.165) is 28.5 Å². The predicted octanol–water partition coefficient (Wildman–Crippen LogP) is 2.94.